The van der Waals surface area contributed by atoms with Crippen molar-refractivity contribution in [3.05, 3.63) is 81.5 Å². The van der Waals surface area contributed by atoms with Gasteiger partial charge < -0.3 is 23.9 Å². The topological polar surface area (TPSA) is 86.0 Å². The zero-order chi connectivity index (χ0) is 27.2. The molecule has 40 heavy (non-hydrogen) atoms. The molecule has 1 N–H and O–H groups in total. The Morgan fingerprint density at radius 3 is 2.77 bits per heavy atom. The van der Waals surface area contributed by atoms with Crippen LogP contribution in [0.15, 0.2) is 54.6 Å². The standard InChI is InChI=1S/C30H28ClN3O5S/c31-20-6-4-19(5-7-20)25-17-38-28-22(2-1-3-24(28)39-25)18-8-11-33(12-9-18)16-27-32-29-23(14-26(40-29)30(35)36)34(27)15-21-10-13-37-21/h1-8,14,21,25H,9-13,15-17H2,(H,35,36)/t21?,25-/m0/s1. The summed E-state index contributed by atoms with van der Waals surface area (Å²) in [5.41, 5.74) is 4.25. The Bertz CT molecular complexity index is 1610. The Kier molecular flexibility index (Phi) is 6.75. The number of aromatic nitrogens is 2. The molecule has 0 radical (unpaired) electrons. The second-order valence-corrected chi connectivity index (χ2v) is 11.8. The van der Waals surface area contributed by atoms with Gasteiger partial charge in [-0.15, -0.1) is 11.3 Å². The van der Waals surface area contributed by atoms with Gasteiger partial charge in [0.25, 0.3) is 0 Å². The predicted molar refractivity (Wildman–Crippen MR) is 154 cm³/mol. The quantitative estimate of drug-likeness (QED) is 0.286. The third-order valence-electron chi connectivity index (χ3n) is 7.79. The van der Waals surface area contributed by atoms with Crippen LogP contribution < -0.4 is 9.47 Å². The first-order valence-electron chi connectivity index (χ1n) is 13.5. The van der Waals surface area contributed by atoms with Crippen LogP contribution in [0.25, 0.3) is 15.9 Å². The number of hydrogen-bond donors (Lipinski definition) is 1. The van der Waals surface area contributed by atoms with Crippen LogP contribution in [0.4, 0.5) is 0 Å². The van der Waals surface area contributed by atoms with E-state index < -0.39 is 5.97 Å². The summed E-state index contributed by atoms with van der Waals surface area (Å²) in [6.07, 6.45) is 4.14. The van der Waals surface area contributed by atoms with E-state index in [1.807, 2.05) is 36.4 Å². The molecule has 1 saturated heterocycles. The zero-order valence-electron chi connectivity index (χ0n) is 21.7. The van der Waals surface area contributed by atoms with Crippen LogP contribution in [-0.4, -0.2) is 57.9 Å². The minimum atomic E-state index is -0.914. The first kappa shape index (κ1) is 25.6. The molecule has 1 fully saturated rings. The van der Waals surface area contributed by atoms with Crippen molar-refractivity contribution in [2.24, 2.45) is 0 Å². The van der Waals surface area contributed by atoms with E-state index in [9.17, 15) is 9.90 Å². The fourth-order valence-electron chi connectivity index (χ4n) is 5.52. The second-order valence-electron chi connectivity index (χ2n) is 10.3. The lowest BCUT2D eigenvalue weighted by molar-refractivity contribution is -0.0591. The fraction of sp³-hybridized carbons (Fsp3) is 0.333. The van der Waals surface area contributed by atoms with Gasteiger partial charge in [0, 0.05) is 30.3 Å². The lowest BCUT2D eigenvalue weighted by Gasteiger charge is -2.31. The summed E-state index contributed by atoms with van der Waals surface area (Å²) in [7, 11) is 0. The van der Waals surface area contributed by atoms with Gasteiger partial charge >= 0.3 is 5.97 Å². The molecule has 0 amide bonds. The first-order valence-corrected chi connectivity index (χ1v) is 14.6. The smallest absolute Gasteiger partial charge is 0.346 e. The number of thiophene rings is 1. The Hall–Kier alpha value is -3.37. The first-order chi connectivity index (χ1) is 19.5. The average molecular weight is 578 g/mol. The molecule has 1 unspecified atom stereocenters. The van der Waals surface area contributed by atoms with Crippen LogP contribution in [0.2, 0.25) is 5.02 Å². The number of carbonyl (C=O) groups is 1. The molecular weight excluding hydrogens is 550 g/mol. The number of carboxylic acid groups (broad SMARTS) is 1. The molecule has 4 aromatic rings. The Balaban J connectivity index is 1.08. The summed E-state index contributed by atoms with van der Waals surface area (Å²) in [5, 5.41) is 10.1. The molecule has 0 aliphatic carbocycles. The number of aromatic carboxylic acids is 1. The van der Waals surface area contributed by atoms with Crippen LogP contribution in [0, 0.1) is 0 Å². The highest BCUT2D eigenvalue weighted by atomic mass is 35.5. The van der Waals surface area contributed by atoms with Crippen molar-refractivity contribution in [3.8, 4) is 11.5 Å². The zero-order valence-corrected chi connectivity index (χ0v) is 23.3. The number of para-hydroxylation sites is 1. The minimum Gasteiger partial charge on any atom is -0.485 e. The van der Waals surface area contributed by atoms with Crippen molar-refractivity contribution in [1.82, 2.24) is 14.5 Å². The maximum Gasteiger partial charge on any atom is 0.346 e. The molecule has 3 aliphatic rings. The molecule has 0 spiro atoms. The number of hydrogen-bond acceptors (Lipinski definition) is 7. The summed E-state index contributed by atoms with van der Waals surface area (Å²) in [4.78, 5) is 19.8. The molecule has 8 nitrogen and oxygen atoms in total. The van der Waals surface area contributed by atoms with Crippen molar-refractivity contribution >= 4 is 44.8 Å². The van der Waals surface area contributed by atoms with Crippen molar-refractivity contribution in [3.63, 3.8) is 0 Å². The molecule has 2 atom stereocenters. The molecule has 0 bridgehead atoms. The molecule has 5 heterocycles. The molecule has 10 heteroatoms. The number of ether oxygens (including phenoxy) is 3. The number of carboxylic acids is 1. The number of imidazole rings is 1. The molecule has 0 saturated carbocycles. The lowest BCUT2D eigenvalue weighted by Crippen LogP contribution is -2.33. The highest BCUT2D eigenvalue weighted by Gasteiger charge is 2.28. The maximum absolute atomic E-state index is 11.5. The predicted octanol–water partition coefficient (Wildman–Crippen LogP) is 6.04. The van der Waals surface area contributed by atoms with Crippen molar-refractivity contribution in [2.45, 2.75) is 38.1 Å². The Labute approximate surface area is 240 Å². The van der Waals surface area contributed by atoms with Crippen LogP contribution in [0.1, 0.15) is 45.6 Å². The Morgan fingerprint density at radius 2 is 2.05 bits per heavy atom. The molecule has 7 rings (SSSR count). The molecule has 2 aromatic heterocycles. The highest BCUT2D eigenvalue weighted by Crippen LogP contribution is 2.43. The molecule has 2 aromatic carbocycles. The second kappa shape index (κ2) is 10.6. The van der Waals surface area contributed by atoms with Gasteiger partial charge in [-0.05, 0) is 48.2 Å². The molecule has 206 valence electrons. The van der Waals surface area contributed by atoms with Gasteiger partial charge in [-0.25, -0.2) is 9.78 Å². The monoisotopic (exact) mass is 577 g/mol. The van der Waals surface area contributed by atoms with Gasteiger partial charge in [-0.2, -0.15) is 0 Å². The van der Waals surface area contributed by atoms with E-state index in [2.05, 4.69) is 21.6 Å². The van der Waals surface area contributed by atoms with Crippen LogP contribution in [0.5, 0.6) is 11.5 Å². The number of halogens is 1. The van der Waals surface area contributed by atoms with Crippen molar-refractivity contribution in [2.75, 3.05) is 26.3 Å². The Morgan fingerprint density at radius 1 is 1.20 bits per heavy atom. The molecular formula is C30H28ClN3O5S. The number of benzene rings is 2. The summed E-state index contributed by atoms with van der Waals surface area (Å²) >= 11 is 7.28. The minimum absolute atomic E-state index is 0.156. The van der Waals surface area contributed by atoms with Gasteiger partial charge in [0.05, 0.1) is 24.7 Å². The van der Waals surface area contributed by atoms with E-state index in [1.54, 1.807) is 6.07 Å². The van der Waals surface area contributed by atoms with E-state index >= 15 is 0 Å². The van der Waals surface area contributed by atoms with E-state index in [0.717, 1.165) is 71.3 Å². The van der Waals surface area contributed by atoms with E-state index in [1.165, 1.54) is 16.9 Å². The summed E-state index contributed by atoms with van der Waals surface area (Å²) in [5.74, 6) is 1.60. The third-order valence-corrected chi connectivity index (χ3v) is 9.05. The highest BCUT2D eigenvalue weighted by molar-refractivity contribution is 7.20. The number of fused-ring (bicyclic) bond motifs is 2. The maximum atomic E-state index is 11.5. The van der Waals surface area contributed by atoms with Crippen LogP contribution >= 0.6 is 22.9 Å². The molecule has 3 aliphatic heterocycles. The SMILES string of the molecule is O=C(O)c1cc2c(nc(CN3CC=C(c4cccc5c4OC[C@@H](c4ccc(Cl)cc4)O5)CC3)n2CC2CCO2)s1. The number of rotatable bonds is 7. The third kappa shape index (κ3) is 4.88. The fourth-order valence-corrected chi connectivity index (χ4v) is 6.54. The van der Waals surface area contributed by atoms with Crippen LogP contribution in [0.3, 0.4) is 0 Å². The summed E-state index contributed by atoms with van der Waals surface area (Å²) < 4.78 is 20.4. The number of nitrogens with zero attached hydrogens (tertiary/aromatic N) is 3. The van der Waals surface area contributed by atoms with Gasteiger partial charge in [0.2, 0.25) is 0 Å². The normalized spacial score (nSPS) is 20.8. The van der Waals surface area contributed by atoms with Gasteiger partial charge in [0.15, 0.2) is 17.6 Å². The summed E-state index contributed by atoms with van der Waals surface area (Å²) in [6.45, 7) is 4.27. The van der Waals surface area contributed by atoms with Gasteiger partial charge in [-0.3, -0.25) is 4.90 Å². The summed E-state index contributed by atoms with van der Waals surface area (Å²) in [6, 6.07) is 15.5. The van der Waals surface area contributed by atoms with Gasteiger partial charge in [-0.1, -0.05) is 41.9 Å². The largest absolute Gasteiger partial charge is 0.485 e. The van der Waals surface area contributed by atoms with E-state index in [4.69, 9.17) is 30.8 Å². The van der Waals surface area contributed by atoms with Crippen LogP contribution in [-0.2, 0) is 17.8 Å². The lowest BCUT2D eigenvalue weighted by atomic mass is 9.97. The van der Waals surface area contributed by atoms with Crippen molar-refractivity contribution in [1.29, 1.82) is 0 Å². The van der Waals surface area contributed by atoms with E-state index in [0.29, 0.717) is 29.6 Å². The van der Waals surface area contributed by atoms with Gasteiger partial charge in [0.1, 0.15) is 22.1 Å². The van der Waals surface area contributed by atoms with Crippen molar-refractivity contribution < 1.29 is 24.1 Å². The van der Waals surface area contributed by atoms with E-state index in [-0.39, 0.29) is 12.2 Å². The average Bonchev–Trinajstić information content (AvgIpc) is 3.49.